The van der Waals surface area contributed by atoms with Gasteiger partial charge in [-0.15, -0.1) is 10.2 Å². The molecule has 0 aliphatic carbocycles. The number of hydrogen-bond donors (Lipinski definition) is 0. The van der Waals surface area contributed by atoms with Crippen LogP contribution in [0.4, 0.5) is 0 Å². The lowest BCUT2D eigenvalue weighted by atomic mass is 10.0. The van der Waals surface area contributed by atoms with E-state index in [1.54, 1.807) is 0 Å². The predicted octanol–water partition coefficient (Wildman–Crippen LogP) is 6.01. The van der Waals surface area contributed by atoms with E-state index in [2.05, 4.69) is 55.2 Å². The van der Waals surface area contributed by atoms with E-state index in [-0.39, 0.29) is 0 Å². The molecule has 3 heteroatoms. The second kappa shape index (κ2) is 6.60. The molecule has 0 aliphatic heterocycles. The van der Waals surface area contributed by atoms with Crippen LogP contribution in [0.25, 0.3) is 22.0 Å². The Hall–Kier alpha value is -3.20. The molecule has 26 heavy (non-hydrogen) atoms. The summed E-state index contributed by atoms with van der Waals surface area (Å²) in [6, 6.07) is 22.4. The lowest BCUT2D eigenvalue weighted by molar-refractivity contribution is 0.462. The molecule has 0 atom stereocenters. The fourth-order valence-electron chi connectivity index (χ4n) is 2.97. The van der Waals surface area contributed by atoms with Gasteiger partial charge in [-0.25, -0.2) is 0 Å². The highest BCUT2D eigenvalue weighted by Gasteiger charge is 2.13. The second-order valence-corrected chi connectivity index (χ2v) is 6.61. The number of rotatable bonds is 3. The van der Waals surface area contributed by atoms with Crippen LogP contribution < -0.4 is 4.74 Å². The molecule has 0 aliphatic rings. The van der Waals surface area contributed by atoms with Crippen molar-refractivity contribution in [1.82, 2.24) is 10.2 Å². The van der Waals surface area contributed by atoms with Gasteiger partial charge >= 0.3 is 0 Å². The summed E-state index contributed by atoms with van der Waals surface area (Å²) in [6.45, 7) is 6.28. The van der Waals surface area contributed by atoms with Crippen LogP contribution in [-0.4, -0.2) is 10.2 Å². The molecule has 0 unspecified atom stereocenters. The zero-order chi connectivity index (χ0) is 18.1. The Kier molecular flexibility index (Phi) is 4.13. The Balaban J connectivity index is 1.82. The number of ether oxygens (including phenoxy) is 1. The van der Waals surface area contributed by atoms with Crippen molar-refractivity contribution in [1.29, 1.82) is 0 Å². The zero-order valence-corrected chi connectivity index (χ0v) is 15.2. The van der Waals surface area contributed by atoms with E-state index >= 15 is 0 Å². The van der Waals surface area contributed by atoms with E-state index < -0.39 is 0 Å². The van der Waals surface area contributed by atoms with Crippen LogP contribution in [0, 0.1) is 20.8 Å². The van der Waals surface area contributed by atoms with Crippen molar-refractivity contribution < 1.29 is 4.74 Å². The van der Waals surface area contributed by atoms with Gasteiger partial charge in [-0.3, -0.25) is 0 Å². The van der Waals surface area contributed by atoms with Crippen molar-refractivity contribution in [2.45, 2.75) is 20.8 Å². The quantitative estimate of drug-likeness (QED) is 0.458. The van der Waals surface area contributed by atoms with Crippen LogP contribution in [0.15, 0.2) is 66.7 Å². The third-order valence-electron chi connectivity index (χ3n) is 4.67. The molecule has 0 bridgehead atoms. The highest BCUT2D eigenvalue weighted by atomic mass is 16.5. The van der Waals surface area contributed by atoms with Gasteiger partial charge in [0.05, 0.1) is 0 Å². The largest absolute Gasteiger partial charge is 0.437 e. The average Bonchev–Trinajstić information content (AvgIpc) is 2.66. The maximum atomic E-state index is 6.01. The first-order chi connectivity index (χ1) is 12.6. The Morgan fingerprint density at radius 1 is 0.692 bits per heavy atom. The molecule has 1 heterocycles. The van der Waals surface area contributed by atoms with Crippen LogP contribution in [-0.2, 0) is 0 Å². The Bertz CT molecular complexity index is 1090. The zero-order valence-electron chi connectivity index (χ0n) is 15.2. The third-order valence-corrected chi connectivity index (χ3v) is 4.67. The molecule has 0 radical (unpaired) electrons. The molecule has 0 saturated carbocycles. The number of aromatic nitrogens is 2. The molecule has 0 saturated heterocycles. The van der Waals surface area contributed by atoms with Gasteiger partial charge < -0.3 is 4.74 Å². The number of benzene rings is 3. The van der Waals surface area contributed by atoms with Crippen LogP contribution >= 0.6 is 0 Å². The molecule has 4 rings (SSSR count). The molecule has 0 spiro atoms. The van der Waals surface area contributed by atoms with E-state index in [1.165, 1.54) is 16.7 Å². The second-order valence-electron chi connectivity index (χ2n) is 6.61. The van der Waals surface area contributed by atoms with Crippen LogP contribution in [0.1, 0.15) is 16.7 Å². The summed E-state index contributed by atoms with van der Waals surface area (Å²) in [7, 11) is 0. The first-order valence-electron chi connectivity index (χ1n) is 8.69. The SMILES string of the molecule is Cc1ccc(Oc2nnc(-c3ccc(C)c(C)c3)c3ccccc23)cc1. The Labute approximate surface area is 153 Å². The summed E-state index contributed by atoms with van der Waals surface area (Å²) in [4.78, 5) is 0. The topological polar surface area (TPSA) is 35.0 Å². The summed E-state index contributed by atoms with van der Waals surface area (Å²) in [5, 5.41) is 10.9. The number of aryl methyl sites for hydroxylation is 3. The van der Waals surface area contributed by atoms with Crippen molar-refractivity contribution in [3.8, 4) is 22.9 Å². The first-order valence-corrected chi connectivity index (χ1v) is 8.69. The highest BCUT2D eigenvalue weighted by molar-refractivity contribution is 5.97. The van der Waals surface area contributed by atoms with Gasteiger partial charge in [0.15, 0.2) is 0 Å². The van der Waals surface area contributed by atoms with E-state index in [4.69, 9.17) is 4.74 Å². The lowest BCUT2D eigenvalue weighted by Gasteiger charge is -2.11. The first kappa shape index (κ1) is 16.3. The monoisotopic (exact) mass is 340 g/mol. The molecule has 128 valence electrons. The van der Waals surface area contributed by atoms with E-state index in [0.717, 1.165) is 27.8 Å². The number of fused-ring (bicyclic) bond motifs is 1. The Morgan fingerprint density at radius 2 is 1.42 bits per heavy atom. The maximum absolute atomic E-state index is 6.01. The summed E-state index contributed by atoms with van der Waals surface area (Å²) in [5.74, 6) is 1.28. The van der Waals surface area contributed by atoms with Gasteiger partial charge in [0.2, 0.25) is 5.88 Å². The molecule has 4 aromatic rings. The summed E-state index contributed by atoms with van der Waals surface area (Å²) in [5.41, 5.74) is 5.65. The third kappa shape index (κ3) is 3.04. The van der Waals surface area contributed by atoms with Crippen molar-refractivity contribution in [2.24, 2.45) is 0 Å². The number of hydrogen-bond acceptors (Lipinski definition) is 3. The predicted molar refractivity (Wildman–Crippen MR) is 106 cm³/mol. The molecule has 0 fully saturated rings. The molecule has 3 nitrogen and oxygen atoms in total. The highest BCUT2D eigenvalue weighted by Crippen LogP contribution is 2.33. The van der Waals surface area contributed by atoms with Crippen LogP contribution in [0.3, 0.4) is 0 Å². The normalized spacial score (nSPS) is 10.9. The smallest absolute Gasteiger partial charge is 0.246 e. The minimum atomic E-state index is 0.525. The number of nitrogens with zero attached hydrogens (tertiary/aromatic N) is 2. The molecular formula is C23H20N2O. The van der Waals surface area contributed by atoms with E-state index in [0.29, 0.717) is 5.88 Å². The van der Waals surface area contributed by atoms with Gasteiger partial charge in [-0.1, -0.05) is 48.0 Å². The maximum Gasteiger partial charge on any atom is 0.246 e. The van der Waals surface area contributed by atoms with Gasteiger partial charge in [-0.2, -0.15) is 0 Å². The molecule has 1 aromatic heterocycles. The summed E-state index contributed by atoms with van der Waals surface area (Å²) >= 11 is 0. The van der Waals surface area contributed by atoms with Crippen molar-refractivity contribution in [3.05, 3.63) is 83.4 Å². The van der Waals surface area contributed by atoms with Crippen molar-refractivity contribution in [3.63, 3.8) is 0 Å². The van der Waals surface area contributed by atoms with E-state index in [9.17, 15) is 0 Å². The fourth-order valence-corrected chi connectivity index (χ4v) is 2.97. The van der Waals surface area contributed by atoms with Gasteiger partial charge in [0.1, 0.15) is 11.4 Å². The lowest BCUT2D eigenvalue weighted by Crippen LogP contribution is -1.96. The van der Waals surface area contributed by atoms with Crippen LogP contribution in [0.2, 0.25) is 0 Å². The standard InChI is InChI=1S/C23H20N2O/c1-15-8-12-19(13-9-15)26-23-21-7-5-4-6-20(21)22(24-25-23)18-11-10-16(2)17(3)14-18/h4-14H,1-3H3. The van der Waals surface area contributed by atoms with Crippen molar-refractivity contribution in [2.75, 3.05) is 0 Å². The van der Waals surface area contributed by atoms with Gasteiger partial charge in [0.25, 0.3) is 0 Å². The fraction of sp³-hybridized carbons (Fsp3) is 0.130. The Morgan fingerprint density at radius 3 is 2.15 bits per heavy atom. The minimum Gasteiger partial charge on any atom is -0.437 e. The molecule has 3 aromatic carbocycles. The molecule has 0 amide bonds. The van der Waals surface area contributed by atoms with Gasteiger partial charge in [-0.05, 0) is 56.2 Å². The summed E-state index contributed by atoms with van der Waals surface area (Å²) < 4.78 is 6.01. The molecule has 0 N–H and O–H groups in total. The van der Waals surface area contributed by atoms with Crippen molar-refractivity contribution >= 4 is 10.8 Å². The summed E-state index contributed by atoms with van der Waals surface area (Å²) in [6.07, 6.45) is 0. The molecular weight excluding hydrogens is 320 g/mol. The minimum absolute atomic E-state index is 0.525. The average molecular weight is 340 g/mol. The van der Waals surface area contributed by atoms with E-state index in [1.807, 2.05) is 42.5 Å². The van der Waals surface area contributed by atoms with Crippen LogP contribution in [0.5, 0.6) is 11.6 Å². The van der Waals surface area contributed by atoms with Gasteiger partial charge in [0, 0.05) is 16.3 Å².